The maximum absolute atomic E-state index is 12.1. The normalized spacial score (nSPS) is 12.3. The molecule has 18 heavy (non-hydrogen) atoms. The molecule has 1 unspecified atom stereocenters. The fourth-order valence-electron chi connectivity index (χ4n) is 1.49. The maximum Gasteiger partial charge on any atom is 0.255 e. The second-order valence-corrected chi connectivity index (χ2v) is 5.24. The van der Waals surface area contributed by atoms with Crippen LogP contribution in [-0.2, 0) is 4.74 Å². The van der Waals surface area contributed by atoms with Crippen molar-refractivity contribution in [3.8, 4) is 0 Å². The summed E-state index contributed by atoms with van der Waals surface area (Å²) in [6.07, 6.45) is 0. The molecule has 0 heterocycles. The molecular weight excluding hydrogens is 296 g/mol. The molecule has 1 atom stereocenters. The van der Waals surface area contributed by atoms with E-state index in [9.17, 15) is 4.79 Å². The van der Waals surface area contributed by atoms with Crippen molar-refractivity contribution in [3.63, 3.8) is 0 Å². The Hall–Kier alpha value is -0.480. The van der Waals surface area contributed by atoms with E-state index in [-0.39, 0.29) is 16.3 Å². The lowest BCUT2D eigenvalue weighted by atomic mass is 10.2. The Morgan fingerprint density at radius 1 is 1.44 bits per heavy atom. The Balaban J connectivity index is 2.77. The van der Waals surface area contributed by atoms with Crippen molar-refractivity contribution in [1.82, 2.24) is 4.90 Å². The van der Waals surface area contributed by atoms with Crippen molar-refractivity contribution in [2.24, 2.45) is 0 Å². The molecule has 0 N–H and O–H groups in total. The van der Waals surface area contributed by atoms with Crippen LogP contribution in [0.2, 0.25) is 10.0 Å². The molecule has 1 aromatic rings. The molecule has 0 aliphatic rings. The van der Waals surface area contributed by atoms with Gasteiger partial charge in [0.1, 0.15) is 0 Å². The third kappa shape index (κ3) is 4.02. The Morgan fingerprint density at radius 3 is 2.72 bits per heavy atom. The number of rotatable bonds is 5. The van der Waals surface area contributed by atoms with Gasteiger partial charge in [0, 0.05) is 20.7 Å². The second kappa shape index (κ2) is 7.19. The largest absolute Gasteiger partial charge is 0.383 e. The van der Waals surface area contributed by atoms with E-state index < -0.39 is 0 Å². The molecule has 0 fully saturated rings. The Labute approximate surface area is 122 Å². The number of amides is 1. The van der Waals surface area contributed by atoms with Crippen LogP contribution in [0.3, 0.4) is 0 Å². The SMILES string of the molecule is COCC(Cl)CN(C)C(=O)c1cccc(Cl)c1Cl. The topological polar surface area (TPSA) is 29.5 Å². The summed E-state index contributed by atoms with van der Waals surface area (Å²) >= 11 is 17.9. The summed E-state index contributed by atoms with van der Waals surface area (Å²) in [5, 5.41) is 0.353. The van der Waals surface area contributed by atoms with E-state index >= 15 is 0 Å². The molecule has 6 heteroatoms. The number of hydrogen-bond donors (Lipinski definition) is 0. The molecule has 0 aliphatic carbocycles. The Morgan fingerprint density at radius 2 is 2.11 bits per heavy atom. The number of methoxy groups -OCH3 is 1. The quantitative estimate of drug-likeness (QED) is 0.781. The highest BCUT2D eigenvalue weighted by atomic mass is 35.5. The van der Waals surface area contributed by atoms with Gasteiger partial charge in [0.15, 0.2) is 0 Å². The highest BCUT2D eigenvalue weighted by Crippen LogP contribution is 2.26. The van der Waals surface area contributed by atoms with Crippen molar-refractivity contribution in [3.05, 3.63) is 33.8 Å². The molecule has 0 saturated carbocycles. The minimum atomic E-state index is -0.262. The third-order valence-corrected chi connectivity index (χ3v) is 3.43. The fourth-order valence-corrected chi connectivity index (χ4v) is 2.20. The van der Waals surface area contributed by atoms with Gasteiger partial charge in [0.25, 0.3) is 5.91 Å². The number of ether oxygens (including phenoxy) is 1. The smallest absolute Gasteiger partial charge is 0.255 e. The second-order valence-electron chi connectivity index (χ2n) is 3.84. The number of halogens is 3. The van der Waals surface area contributed by atoms with Gasteiger partial charge < -0.3 is 9.64 Å². The molecule has 1 amide bonds. The number of carbonyl (C=O) groups is 1. The van der Waals surface area contributed by atoms with Crippen LogP contribution in [-0.4, -0.2) is 43.5 Å². The molecule has 0 bridgehead atoms. The van der Waals surface area contributed by atoms with Gasteiger partial charge in [0.2, 0.25) is 0 Å². The van der Waals surface area contributed by atoms with E-state index in [1.807, 2.05) is 0 Å². The summed E-state index contributed by atoms with van der Waals surface area (Å²) < 4.78 is 4.92. The number of carbonyl (C=O) groups excluding carboxylic acids is 1. The maximum atomic E-state index is 12.1. The van der Waals surface area contributed by atoms with Crippen LogP contribution in [0.15, 0.2) is 18.2 Å². The third-order valence-electron chi connectivity index (χ3n) is 2.35. The molecule has 0 radical (unpaired) electrons. The minimum Gasteiger partial charge on any atom is -0.383 e. The molecule has 0 spiro atoms. The van der Waals surface area contributed by atoms with Crippen LogP contribution in [0.4, 0.5) is 0 Å². The van der Waals surface area contributed by atoms with Gasteiger partial charge in [-0.1, -0.05) is 29.3 Å². The first-order valence-corrected chi connectivity index (χ1v) is 6.49. The Bertz CT molecular complexity index is 426. The van der Waals surface area contributed by atoms with Crippen molar-refractivity contribution in [1.29, 1.82) is 0 Å². The number of alkyl halides is 1. The van der Waals surface area contributed by atoms with Crippen LogP contribution in [0, 0.1) is 0 Å². The molecular formula is C12H14Cl3NO2. The first-order valence-electron chi connectivity index (χ1n) is 5.29. The molecule has 0 aliphatic heterocycles. The van der Waals surface area contributed by atoms with Gasteiger partial charge in [-0.2, -0.15) is 0 Å². The monoisotopic (exact) mass is 309 g/mol. The summed E-state index contributed by atoms with van der Waals surface area (Å²) in [5.41, 5.74) is 0.368. The van der Waals surface area contributed by atoms with Crippen LogP contribution < -0.4 is 0 Å². The van der Waals surface area contributed by atoms with Crippen molar-refractivity contribution in [2.75, 3.05) is 27.3 Å². The van der Waals surface area contributed by atoms with Crippen LogP contribution in [0.25, 0.3) is 0 Å². The lowest BCUT2D eigenvalue weighted by Gasteiger charge is -2.20. The van der Waals surface area contributed by atoms with E-state index in [0.29, 0.717) is 23.7 Å². The number of nitrogens with zero attached hydrogens (tertiary/aromatic N) is 1. The van der Waals surface area contributed by atoms with Gasteiger partial charge in [-0.25, -0.2) is 0 Å². The molecule has 3 nitrogen and oxygen atoms in total. The lowest BCUT2D eigenvalue weighted by molar-refractivity contribution is 0.0782. The van der Waals surface area contributed by atoms with Gasteiger partial charge >= 0.3 is 0 Å². The van der Waals surface area contributed by atoms with E-state index in [0.717, 1.165) is 0 Å². The minimum absolute atomic E-state index is 0.218. The van der Waals surface area contributed by atoms with Crippen LogP contribution >= 0.6 is 34.8 Å². The number of benzene rings is 1. The zero-order valence-corrected chi connectivity index (χ0v) is 12.4. The zero-order chi connectivity index (χ0) is 13.7. The molecule has 1 rings (SSSR count). The summed E-state index contributed by atoms with van der Waals surface area (Å²) in [6.45, 7) is 0.750. The van der Waals surface area contributed by atoms with Crippen LogP contribution in [0.1, 0.15) is 10.4 Å². The van der Waals surface area contributed by atoms with E-state index in [4.69, 9.17) is 39.5 Å². The van der Waals surface area contributed by atoms with Gasteiger partial charge in [-0.15, -0.1) is 11.6 Å². The fraction of sp³-hybridized carbons (Fsp3) is 0.417. The summed E-state index contributed by atoms with van der Waals surface area (Å²) in [5.74, 6) is -0.218. The summed E-state index contributed by atoms with van der Waals surface area (Å²) in [6, 6.07) is 4.95. The standard InChI is InChI=1S/C12H14Cl3NO2/c1-16(6-8(13)7-18-2)12(17)9-4-3-5-10(14)11(9)15/h3-5,8H,6-7H2,1-2H3. The van der Waals surface area contributed by atoms with Gasteiger partial charge in [-0.3, -0.25) is 4.79 Å². The van der Waals surface area contributed by atoms with Gasteiger partial charge in [-0.05, 0) is 12.1 Å². The van der Waals surface area contributed by atoms with Crippen LogP contribution in [0.5, 0.6) is 0 Å². The average molecular weight is 311 g/mol. The molecule has 0 saturated heterocycles. The first-order chi connectivity index (χ1) is 8.47. The van der Waals surface area contributed by atoms with E-state index in [1.165, 1.54) is 4.90 Å². The predicted octanol–water partition coefficient (Wildman–Crippen LogP) is 3.32. The van der Waals surface area contributed by atoms with Gasteiger partial charge in [0.05, 0.1) is 27.6 Å². The predicted molar refractivity (Wildman–Crippen MR) is 74.9 cm³/mol. The van der Waals surface area contributed by atoms with Crippen molar-refractivity contribution < 1.29 is 9.53 Å². The first kappa shape index (κ1) is 15.6. The molecule has 0 aromatic heterocycles. The molecule has 100 valence electrons. The Kier molecular flexibility index (Phi) is 6.22. The van der Waals surface area contributed by atoms with Crippen molar-refractivity contribution in [2.45, 2.75) is 5.38 Å². The van der Waals surface area contributed by atoms with E-state index in [2.05, 4.69) is 0 Å². The lowest BCUT2D eigenvalue weighted by Crippen LogP contribution is -2.34. The summed E-state index contributed by atoms with van der Waals surface area (Å²) in [7, 11) is 3.22. The highest BCUT2D eigenvalue weighted by Gasteiger charge is 2.18. The van der Waals surface area contributed by atoms with Crippen molar-refractivity contribution >= 4 is 40.7 Å². The van der Waals surface area contributed by atoms with E-state index in [1.54, 1.807) is 32.4 Å². The number of hydrogen-bond acceptors (Lipinski definition) is 2. The highest BCUT2D eigenvalue weighted by molar-refractivity contribution is 6.43. The summed E-state index contributed by atoms with van der Waals surface area (Å²) in [4.78, 5) is 13.6. The average Bonchev–Trinajstić information content (AvgIpc) is 2.32. The molecule has 1 aromatic carbocycles. The zero-order valence-electron chi connectivity index (χ0n) is 10.1.